The minimum absolute atomic E-state index is 0.101. The topological polar surface area (TPSA) is 103 Å². The highest BCUT2D eigenvalue weighted by atomic mass is 35.5. The van der Waals surface area contributed by atoms with E-state index in [-0.39, 0.29) is 26.9 Å². The van der Waals surface area contributed by atoms with Crippen LogP contribution in [0, 0.1) is 5.41 Å². The quantitative estimate of drug-likeness (QED) is 0.384. The molecule has 0 amide bonds. The lowest BCUT2D eigenvalue weighted by Crippen LogP contribution is -2.34. The summed E-state index contributed by atoms with van der Waals surface area (Å²) in [6.45, 7) is 2.22. The number of aromatic nitrogens is 4. The monoisotopic (exact) mass is 507 g/mol. The number of nitrogens with zero attached hydrogens (tertiary/aromatic N) is 4. The molecule has 0 unspecified atom stereocenters. The van der Waals surface area contributed by atoms with Crippen molar-refractivity contribution in [2.24, 2.45) is 0 Å². The lowest BCUT2D eigenvalue weighted by atomic mass is 10.0. The second kappa shape index (κ2) is 8.78. The van der Waals surface area contributed by atoms with Crippen LogP contribution in [0.4, 0.5) is 11.6 Å². The van der Waals surface area contributed by atoms with Crippen molar-refractivity contribution < 1.29 is 0 Å². The van der Waals surface area contributed by atoms with Gasteiger partial charge in [-0.1, -0.05) is 35.3 Å². The second-order valence-corrected chi connectivity index (χ2v) is 9.83. The highest BCUT2D eigenvalue weighted by molar-refractivity contribution is 6.37. The van der Waals surface area contributed by atoms with Crippen LogP contribution >= 0.6 is 23.2 Å². The fourth-order valence-electron chi connectivity index (χ4n) is 4.76. The summed E-state index contributed by atoms with van der Waals surface area (Å²) in [5.41, 5.74) is 3.47. The number of fused-ring (bicyclic) bond motifs is 2. The van der Waals surface area contributed by atoms with Gasteiger partial charge in [-0.15, -0.1) is 0 Å². The molecule has 2 aliphatic rings. The summed E-state index contributed by atoms with van der Waals surface area (Å²) in [5.74, 6) is 0.342. The smallest absolute Gasteiger partial charge is 0.324 e. The van der Waals surface area contributed by atoms with Crippen LogP contribution in [0.15, 0.2) is 47.4 Å². The van der Waals surface area contributed by atoms with Gasteiger partial charge in [-0.2, -0.15) is 4.98 Å². The van der Waals surface area contributed by atoms with Gasteiger partial charge in [-0.3, -0.25) is 15.3 Å². The van der Waals surface area contributed by atoms with Gasteiger partial charge in [-0.05, 0) is 61.1 Å². The zero-order valence-corrected chi connectivity index (χ0v) is 20.3. The van der Waals surface area contributed by atoms with Crippen molar-refractivity contribution >= 4 is 45.9 Å². The van der Waals surface area contributed by atoms with Crippen molar-refractivity contribution in [3.63, 3.8) is 0 Å². The summed E-state index contributed by atoms with van der Waals surface area (Å²) >= 11 is 12.6. The van der Waals surface area contributed by atoms with Gasteiger partial charge >= 0.3 is 5.69 Å². The Morgan fingerprint density at radius 2 is 1.80 bits per heavy atom. The highest BCUT2D eigenvalue weighted by Crippen LogP contribution is 2.30. The molecule has 6 rings (SSSR count). The third-order valence-corrected chi connectivity index (χ3v) is 7.33. The molecular weight excluding hydrogens is 485 g/mol. The molecule has 2 aromatic carbocycles. The molecule has 0 spiro atoms. The SMILES string of the molecule is N=c1c2cnc(Nc3ccc4c(c3)CCN(C3CC3)CC4)nc2[nH]c(=O)n1-c1c(Cl)cccc1Cl. The lowest BCUT2D eigenvalue weighted by Gasteiger charge is -2.18. The first-order valence-corrected chi connectivity index (χ1v) is 12.4. The Labute approximate surface area is 211 Å². The first-order valence-electron chi connectivity index (χ1n) is 11.6. The normalized spacial score (nSPS) is 16.2. The number of anilines is 2. The zero-order chi connectivity index (χ0) is 24.1. The fraction of sp³-hybridized carbons (Fsp3) is 0.280. The minimum atomic E-state index is -0.563. The number of H-pyrrole nitrogens is 1. The number of aromatic amines is 1. The molecule has 4 aromatic rings. The minimum Gasteiger partial charge on any atom is -0.324 e. The Balaban J connectivity index is 1.31. The Morgan fingerprint density at radius 1 is 1.06 bits per heavy atom. The van der Waals surface area contributed by atoms with Crippen LogP contribution in [-0.4, -0.2) is 43.6 Å². The predicted molar refractivity (Wildman–Crippen MR) is 137 cm³/mol. The Bertz CT molecular complexity index is 1550. The molecule has 178 valence electrons. The first-order chi connectivity index (χ1) is 17.0. The van der Waals surface area contributed by atoms with Gasteiger partial charge in [-0.25, -0.2) is 14.3 Å². The van der Waals surface area contributed by atoms with Gasteiger partial charge in [0.2, 0.25) is 5.95 Å². The van der Waals surface area contributed by atoms with Gasteiger partial charge in [0, 0.05) is 31.0 Å². The van der Waals surface area contributed by atoms with E-state index < -0.39 is 5.69 Å². The summed E-state index contributed by atoms with van der Waals surface area (Å²) in [7, 11) is 0. The molecule has 1 fully saturated rings. The molecule has 0 atom stereocenters. The van der Waals surface area contributed by atoms with E-state index in [1.54, 1.807) is 18.2 Å². The standard InChI is InChI=1S/C25H23Cl2N7O/c26-19-2-1-3-20(27)21(19)34-22(28)18-13-29-24(31-23(18)32-25(34)35)30-16-5-4-14-8-10-33(17-6-7-17)11-9-15(14)12-16/h1-5,12-13,17,28H,6-11H2,(H2,29,30,31,32,35). The first kappa shape index (κ1) is 22.3. The number of para-hydroxylation sites is 1. The molecule has 1 saturated carbocycles. The molecule has 8 nitrogen and oxygen atoms in total. The van der Waals surface area contributed by atoms with E-state index in [1.165, 1.54) is 30.2 Å². The van der Waals surface area contributed by atoms with Crippen molar-refractivity contribution in [2.75, 3.05) is 18.4 Å². The van der Waals surface area contributed by atoms with E-state index in [1.807, 2.05) is 6.07 Å². The van der Waals surface area contributed by atoms with Gasteiger partial charge in [0.05, 0.1) is 21.1 Å². The number of hydrogen-bond donors (Lipinski definition) is 3. The van der Waals surface area contributed by atoms with Crippen LogP contribution in [0.5, 0.6) is 0 Å². The zero-order valence-electron chi connectivity index (χ0n) is 18.8. The molecule has 0 saturated heterocycles. The molecule has 0 radical (unpaired) electrons. The third-order valence-electron chi connectivity index (χ3n) is 6.72. The van der Waals surface area contributed by atoms with Gasteiger partial charge in [0.1, 0.15) is 5.49 Å². The van der Waals surface area contributed by atoms with E-state index in [4.69, 9.17) is 28.6 Å². The molecule has 10 heteroatoms. The largest absolute Gasteiger partial charge is 0.333 e. The Morgan fingerprint density at radius 3 is 2.54 bits per heavy atom. The summed E-state index contributed by atoms with van der Waals surface area (Å²) in [6, 6.07) is 12.1. The number of halogens is 2. The maximum Gasteiger partial charge on any atom is 0.333 e. The van der Waals surface area contributed by atoms with Crippen LogP contribution in [0.25, 0.3) is 16.7 Å². The van der Waals surface area contributed by atoms with E-state index in [0.717, 1.165) is 42.2 Å². The van der Waals surface area contributed by atoms with Gasteiger partial charge in [0.15, 0.2) is 5.65 Å². The van der Waals surface area contributed by atoms with Crippen molar-refractivity contribution in [2.45, 2.75) is 31.7 Å². The summed E-state index contributed by atoms with van der Waals surface area (Å²) in [4.78, 5) is 27.1. The number of benzene rings is 2. The van der Waals surface area contributed by atoms with E-state index in [2.05, 4.69) is 37.3 Å². The van der Waals surface area contributed by atoms with Crippen molar-refractivity contribution in [3.05, 3.63) is 79.7 Å². The third kappa shape index (κ3) is 4.22. The average molecular weight is 508 g/mol. The molecule has 3 heterocycles. The summed E-state index contributed by atoms with van der Waals surface area (Å²) < 4.78 is 1.13. The number of hydrogen-bond acceptors (Lipinski definition) is 6. The number of nitrogens with one attached hydrogen (secondary N) is 3. The van der Waals surface area contributed by atoms with Crippen molar-refractivity contribution in [1.82, 2.24) is 24.4 Å². The molecular formula is C25H23Cl2N7O. The molecule has 35 heavy (non-hydrogen) atoms. The maximum atomic E-state index is 12.9. The summed E-state index contributed by atoms with van der Waals surface area (Å²) in [5, 5.41) is 12.8. The van der Waals surface area contributed by atoms with Crippen LogP contribution in [0.1, 0.15) is 24.0 Å². The van der Waals surface area contributed by atoms with Gasteiger partial charge < -0.3 is 5.32 Å². The Kier molecular flexibility index (Phi) is 5.59. The van der Waals surface area contributed by atoms with Crippen LogP contribution in [0.3, 0.4) is 0 Å². The molecule has 1 aliphatic carbocycles. The maximum absolute atomic E-state index is 12.9. The predicted octanol–water partition coefficient (Wildman–Crippen LogP) is 4.20. The van der Waals surface area contributed by atoms with E-state index in [0.29, 0.717) is 11.3 Å². The van der Waals surface area contributed by atoms with E-state index >= 15 is 0 Å². The molecule has 1 aliphatic heterocycles. The van der Waals surface area contributed by atoms with Crippen LogP contribution in [0.2, 0.25) is 10.0 Å². The average Bonchev–Trinajstić information content (AvgIpc) is 3.68. The number of rotatable bonds is 4. The van der Waals surface area contributed by atoms with Crippen molar-refractivity contribution in [1.29, 1.82) is 5.41 Å². The lowest BCUT2D eigenvalue weighted by molar-refractivity contribution is 0.277. The molecule has 3 N–H and O–H groups in total. The Hall–Kier alpha value is -3.20. The summed E-state index contributed by atoms with van der Waals surface area (Å²) in [6.07, 6.45) is 6.27. The van der Waals surface area contributed by atoms with Crippen LogP contribution in [-0.2, 0) is 12.8 Å². The van der Waals surface area contributed by atoms with Crippen LogP contribution < -0.4 is 16.5 Å². The van der Waals surface area contributed by atoms with E-state index in [9.17, 15) is 4.79 Å². The molecule has 2 aromatic heterocycles. The van der Waals surface area contributed by atoms with Crippen molar-refractivity contribution in [3.8, 4) is 5.69 Å². The molecule has 0 bridgehead atoms. The highest BCUT2D eigenvalue weighted by Gasteiger charge is 2.29. The fourth-order valence-corrected chi connectivity index (χ4v) is 5.33. The second-order valence-electron chi connectivity index (χ2n) is 9.02. The van der Waals surface area contributed by atoms with Gasteiger partial charge in [0.25, 0.3) is 0 Å².